The Morgan fingerprint density at radius 3 is 2.36 bits per heavy atom. The molecule has 0 fully saturated rings. The molecule has 6 heteroatoms. The predicted molar refractivity (Wildman–Crippen MR) is 119 cm³/mol. The van der Waals surface area contributed by atoms with Crippen molar-refractivity contribution in [2.24, 2.45) is 4.99 Å². The Morgan fingerprint density at radius 1 is 1.07 bits per heavy atom. The molecular weight excluding hydrogens is 352 g/mol. The summed E-state index contributed by atoms with van der Waals surface area (Å²) in [5.74, 6) is 2.39. The Morgan fingerprint density at radius 2 is 1.75 bits per heavy atom. The van der Waals surface area contributed by atoms with Gasteiger partial charge in [0.2, 0.25) is 0 Å². The third-order valence-corrected chi connectivity index (χ3v) is 4.76. The van der Waals surface area contributed by atoms with Crippen molar-refractivity contribution in [1.82, 2.24) is 15.5 Å². The molecule has 0 aliphatic carbocycles. The van der Waals surface area contributed by atoms with Gasteiger partial charge in [0.1, 0.15) is 0 Å². The van der Waals surface area contributed by atoms with Crippen molar-refractivity contribution in [2.75, 3.05) is 40.4 Å². The van der Waals surface area contributed by atoms with Crippen LogP contribution in [0.25, 0.3) is 0 Å². The molecule has 1 atom stereocenters. The maximum absolute atomic E-state index is 5.74. The van der Waals surface area contributed by atoms with E-state index in [-0.39, 0.29) is 6.04 Å². The van der Waals surface area contributed by atoms with E-state index < -0.39 is 0 Å². The van der Waals surface area contributed by atoms with Gasteiger partial charge in [-0.2, -0.15) is 0 Å². The number of rotatable bonds is 12. The Balaban J connectivity index is 2.55. The molecule has 1 rings (SSSR count). The van der Waals surface area contributed by atoms with Crippen LogP contribution >= 0.6 is 0 Å². The van der Waals surface area contributed by atoms with E-state index in [1.54, 1.807) is 7.05 Å². The molecule has 1 aromatic carbocycles. The first kappa shape index (κ1) is 24.1. The molecule has 160 valence electrons. The monoisotopic (exact) mass is 392 g/mol. The zero-order chi connectivity index (χ0) is 20.9. The van der Waals surface area contributed by atoms with Crippen molar-refractivity contribution in [3.63, 3.8) is 0 Å². The molecule has 0 heterocycles. The highest BCUT2D eigenvalue weighted by molar-refractivity contribution is 5.80. The number of nitrogens with one attached hydrogen (secondary N) is 2. The van der Waals surface area contributed by atoms with Crippen molar-refractivity contribution in [3.8, 4) is 11.5 Å². The topological polar surface area (TPSA) is 58.1 Å². The quantitative estimate of drug-likeness (QED) is 0.322. The van der Waals surface area contributed by atoms with E-state index in [9.17, 15) is 0 Å². The SMILES string of the molecule is CCOc1ccc(C(C)NC(=NC)NCCCCN(C)C(C)C)cc1OCC. The van der Waals surface area contributed by atoms with Crippen molar-refractivity contribution in [3.05, 3.63) is 23.8 Å². The molecule has 0 radical (unpaired) electrons. The standard InChI is InChI=1S/C22H40N4O2/c1-8-27-20-13-12-19(16-21(20)28-9-2)18(5)25-22(23-6)24-14-10-11-15-26(7)17(3)4/h12-13,16-18H,8-11,14-15H2,1-7H3,(H2,23,24,25). The summed E-state index contributed by atoms with van der Waals surface area (Å²) in [7, 11) is 3.98. The minimum Gasteiger partial charge on any atom is -0.490 e. The highest BCUT2D eigenvalue weighted by Crippen LogP contribution is 2.30. The zero-order valence-electron chi connectivity index (χ0n) is 18.8. The van der Waals surface area contributed by atoms with Crippen molar-refractivity contribution in [2.45, 2.75) is 59.5 Å². The molecule has 0 amide bonds. The normalized spacial score (nSPS) is 13.0. The fraction of sp³-hybridized carbons (Fsp3) is 0.682. The summed E-state index contributed by atoms with van der Waals surface area (Å²) in [4.78, 5) is 6.72. The molecule has 1 unspecified atom stereocenters. The van der Waals surface area contributed by atoms with Gasteiger partial charge < -0.3 is 25.0 Å². The maximum atomic E-state index is 5.74. The lowest BCUT2D eigenvalue weighted by molar-refractivity contribution is 0.268. The molecule has 0 saturated carbocycles. The number of benzene rings is 1. The first-order chi connectivity index (χ1) is 13.4. The third kappa shape index (κ3) is 8.38. The summed E-state index contributed by atoms with van der Waals surface area (Å²) in [5.41, 5.74) is 1.13. The van der Waals surface area contributed by atoms with E-state index in [0.29, 0.717) is 19.3 Å². The van der Waals surface area contributed by atoms with E-state index >= 15 is 0 Å². The van der Waals surface area contributed by atoms with E-state index in [1.165, 1.54) is 6.42 Å². The Kier molecular flexibility index (Phi) is 11.4. The minimum absolute atomic E-state index is 0.105. The van der Waals surface area contributed by atoms with Gasteiger partial charge in [0, 0.05) is 19.6 Å². The maximum Gasteiger partial charge on any atom is 0.191 e. The zero-order valence-corrected chi connectivity index (χ0v) is 18.8. The largest absolute Gasteiger partial charge is 0.490 e. The highest BCUT2D eigenvalue weighted by Gasteiger charge is 2.12. The van der Waals surface area contributed by atoms with Gasteiger partial charge in [-0.3, -0.25) is 4.99 Å². The van der Waals surface area contributed by atoms with Crippen LogP contribution < -0.4 is 20.1 Å². The molecule has 28 heavy (non-hydrogen) atoms. The molecule has 1 aromatic rings. The summed E-state index contributed by atoms with van der Waals surface area (Å²) in [6.45, 7) is 13.8. The van der Waals surface area contributed by atoms with Gasteiger partial charge in [-0.15, -0.1) is 0 Å². The number of hydrogen-bond acceptors (Lipinski definition) is 4. The second kappa shape index (κ2) is 13.3. The fourth-order valence-corrected chi connectivity index (χ4v) is 2.77. The number of nitrogens with zero attached hydrogens (tertiary/aromatic N) is 2. The van der Waals surface area contributed by atoms with Gasteiger partial charge in [0.25, 0.3) is 0 Å². The smallest absolute Gasteiger partial charge is 0.191 e. The molecule has 0 aromatic heterocycles. The van der Waals surface area contributed by atoms with Gasteiger partial charge in [-0.25, -0.2) is 0 Å². The van der Waals surface area contributed by atoms with E-state index in [4.69, 9.17) is 9.47 Å². The van der Waals surface area contributed by atoms with Gasteiger partial charge in [-0.1, -0.05) is 6.07 Å². The second-order valence-electron chi connectivity index (χ2n) is 7.22. The number of ether oxygens (including phenoxy) is 2. The summed E-state index contributed by atoms with van der Waals surface area (Å²) in [5, 5.41) is 6.86. The summed E-state index contributed by atoms with van der Waals surface area (Å²) in [6, 6.07) is 6.79. The first-order valence-corrected chi connectivity index (χ1v) is 10.5. The minimum atomic E-state index is 0.105. The molecule has 0 spiro atoms. The predicted octanol–water partition coefficient (Wildman–Crippen LogP) is 3.83. The van der Waals surface area contributed by atoms with Crippen LogP contribution in [0.5, 0.6) is 11.5 Å². The van der Waals surface area contributed by atoms with Crippen LogP contribution in [-0.4, -0.2) is 57.3 Å². The van der Waals surface area contributed by atoms with Crippen LogP contribution in [0.2, 0.25) is 0 Å². The average Bonchev–Trinajstić information content (AvgIpc) is 2.68. The summed E-state index contributed by atoms with van der Waals surface area (Å²) >= 11 is 0. The Bertz CT molecular complexity index is 590. The highest BCUT2D eigenvalue weighted by atomic mass is 16.5. The molecule has 0 saturated heterocycles. The second-order valence-corrected chi connectivity index (χ2v) is 7.22. The number of hydrogen-bond donors (Lipinski definition) is 2. The third-order valence-electron chi connectivity index (χ3n) is 4.76. The lowest BCUT2D eigenvalue weighted by Crippen LogP contribution is -2.39. The van der Waals surface area contributed by atoms with Crippen LogP contribution in [-0.2, 0) is 0 Å². The van der Waals surface area contributed by atoms with Gasteiger partial charge >= 0.3 is 0 Å². The molecule has 6 nitrogen and oxygen atoms in total. The first-order valence-electron chi connectivity index (χ1n) is 10.5. The molecule has 0 bridgehead atoms. The van der Waals surface area contributed by atoms with Gasteiger partial charge in [0.15, 0.2) is 17.5 Å². The van der Waals surface area contributed by atoms with Crippen LogP contribution in [0.4, 0.5) is 0 Å². The summed E-state index contributed by atoms with van der Waals surface area (Å²) in [6.07, 6.45) is 2.29. The summed E-state index contributed by atoms with van der Waals surface area (Å²) < 4.78 is 11.4. The lowest BCUT2D eigenvalue weighted by Gasteiger charge is -2.21. The van der Waals surface area contributed by atoms with Crippen LogP contribution in [0.1, 0.15) is 59.1 Å². The average molecular weight is 393 g/mol. The molecular formula is C22H40N4O2. The number of unbranched alkanes of at least 4 members (excludes halogenated alkanes) is 1. The van der Waals surface area contributed by atoms with E-state index in [1.807, 2.05) is 26.0 Å². The lowest BCUT2D eigenvalue weighted by atomic mass is 10.1. The van der Waals surface area contributed by atoms with Crippen LogP contribution in [0.3, 0.4) is 0 Å². The van der Waals surface area contributed by atoms with Crippen molar-refractivity contribution in [1.29, 1.82) is 0 Å². The molecule has 2 N–H and O–H groups in total. The number of aliphatic imine (C=N–C) groups is 1. The van der Waals surface area contributed by atoms with Crippen molar-refractivity contribution < 1.29 is 9.47 Å². The van der Waals surface area contributed by atoms with E-state index in [2.05, 4.69) is 54.4 Å². The molecule has 0 aliphatic heterocycles. The van der Waals surface area contributed by atoms with Crippen molar-refractivity contribution >= 4 is 5.96 Å². The van der Waals surface area contributed by atoms with Crippen LogP contribution in [0, 0.1) is 0 Å². The van der Waals surface area contributed by atoms with Gasteiger partial charge in [0.05, 0.1) is 19.3 Å². The van der Waals surface area contributed by atoms with Gasteiger partial charge in [-0.05, 0) is 78.7 Å². The Hall–Kier alpha value is -1.95. The van der Waals surface area contributed by atoms with Crippen LogP contribution in [0.15, 0.2) is 23.2 Å². The fourth-order valence-electron chi connectivity index (χ4n) is 2.77. The molecule has 0 aliphatic rings. The van der Waals surface area contributed by atoms with E-state index in [0.717, 1.165) is 42.5 Å². The number of guanidine groups is 1. The Labute approximate surface area is 171 Å².